The second kappa shape index (κ2) is 6.63. The van der Waals surface area contributed by atoms with Gasteiger partial charge in [0.15, 0.2) is 0 Å². The van der Waals surface area contributed by atoms with E-state index in [4.69, 9.17) is 4.42 Å². The third kappa shape index (κ3) is 3.49. The van der Waals surface area contributed by atoms with Crippen molar-refractivity contribution in [1.29, 1.82) is 0 Å². The molecule has 3 amide bonds. The second-order valence-electron chi connectivity index (χ2n) is 4.88. The number of carbonyl (C=O) groups excluding carboxylic acids is 3. The minimum atomic E-state index is -0.540. The molecule has 8 heteroatoms. The van der Waals surface area contributed by atoms with Crippen LogP contribution in [0.25, 0.3) is 6.08 Å². The molecule has 0 unspecified atom stereocenters. The first-order chi connectivity index (χ1) is 11.5. The van der Waals surface area contributed by atoms with E-state index >= 15 is 0 Å². The number of aromatic hydroxyl groups is 1. The molecule has 0 aliphatic carbocycles. The lowest BCUT2D eigenvalue weighted by molar-refractivity contribution is -0.127. The Bertz CT molecular complexity index is 812. The van der Waals surface area contributed by atoms with Crippen LogP contribution in [-0.2, 0) is 9.59 Å². The fourth-order valence-electron chi connectivity index (χ4n) is 2.03. The Kier molecular flexibility index (Phi) is 4.39. The monoisotopic (exact) mass is 344 g/mol. The number of hydrogen-bond acceptors (Lipinski definition) is 6. The standard InChI is InChI=1S/C16H12N2O5S/c19-11-5-3-10(4-6-11)17-14(20)9-18-15(21)13(24-16(18)22)8-12-2-1-7-23-12/h1-8,19H,9H2,(H,17,20). The van der Waals surface area contributed by atoms with Crippen LogP contribution < -0.4 is 5.32 Å². The van der Waals surface area contributed by atoms with Gasteiger partial charge in [0.25, 0.3) is 11.1 Å². The summed E-state index contributed by atoms with van der Waals surface area (Å²) in [5.41, 5.74) is 0.455. The highest BCUT2D eigenvalue weighted by Gasteiger charge is 2.36. The highest BCUT2D eigenvalue weighted by molar-refractivity contribution is 8.18. The third-order valence-corrected chi connectivity index (χ3v) is 4.05. The summed E-state index contributed by atoms with van der Waals surface area (Å²) in [4.78, 5) is 37.2. The Morgan fingerprint density at radius 3 is 2.67 bits per heavy atom. The Hall–Kier alpha value is -3.00. The maximum Gasteiger partial charge on any atom is 0.294 e. The van der Waals surface area contributed by atoms with Crippen LogP contribution in [0.15, 0.2) is 52.0 Å². The van der Waals surface area contributed by atoms with Crippen molar-refractivity contribution in [2.45, 2.75) is 0 Å². The van der Waals surface area contributed by atoms with Gasteiger partial charge in [-0.3, -0.25) is 19.3 Å². The lowest BCUT2D eigenvalue weighted by atomic mass is 10.3. The fraction of sp³-hybridized carbons (Fsp3) is 0.0625. The van der Waals surface area contributed by atoms with Gasteiger partial charge in [-0.1, -0.05) is 0 Å². The van der Waals surface area contributed by atoms with Crippen molar-refractivity contribution in [3.63, 3.8) is 0 Å². The lowest BCUT2D eigenvalue weighted by Crippen LogP contribution is -2.36. The van der Waals surface area contributed by atoms with Gasteiger partial charge in [-0.25, -0.2) is 0 Å². The highest BCUT2D eigenvalue weighted by atomic mass is 32.2. The Balaban J connectivity index is 1.66. The number of nitrogens with one attached hydrogen (secondary N) is 1. The first-order valence-corrected chi connectivity index (χ1v) is 7.72. The maximum atomic E-state index is 12.2. The van der Waals surface area contributed by atoms with Crippen molar-refractivity contribution >= 4 is 40.6 Å². The first kappa shape index (κ1) is 15.9. The molecule has 2 heterocycles. The van der Waals surface area contributed by atoms with Crippen molar-refractivity contribution in [1.82, 2.24) is 4.90 Å². The number of furan rings is 1. The fourth-order valence-corrected chi connectivity index (χ4v) is 2.85. The summed E-state index contributed by atoms with van der Waals surface area (Å²) >= 11 is 0.756. The number of imide groups is 1. The maximum absolute atomic E-state index is 12.2. The molecule has 1 aliphatic heterocycles. The number of carbonyl (C=O) groups is 3. The van der Waals surface area contributed by atoms with Crippen LogP contribution in [0.4, 0.5) is 10.5 Å². The summed E-state index contributed by atoms with van der Waals surface area (Å²) in [7, 11) is 0. The van der Waals surface area contributed by atoms with E-state index in [1.807, 2.05) is 0 Å². The molecule has 2 N–H and O–H groups in total. The molecule has 1 aromatic carbocycles. The normalized spacial score (nSPS) is 16.0. The summed E-state index contributed by atoms with van der Waals surface area (Å²) in [5.74, 6) is -0.527. The number of phenols is 1. The highest BCUT2D eigenvalue weighted by Crippen LogP contribution is 2.32. The molecule has 2 aromatic rings. The van der Waals surface area contributed by atoms with E-state index in [1.165, 1.54) is 36.6 Å². The molecule has 1 aromatic heterocycles. The predicted octanol–water partition coefficient (Wildman–Crippen LogP) is 2.66. The molecule has 1 aliphatic rings. The molecule has 0 bridgehead atoms. The largest absolute Gasteiger partial charge is 0.508 e. The van der Waals surface area contributed by atoms with Gasteiger partial charge in [-0.2, -0.15) is 0 Å². The molecule has 3 rings (SSSR count). The van der Waals surface area contributed by atoms with E-state index in [0.717, 1.165) is 16.7 Å². The minimum Gasteiger partial charge on any atom is -0.508 e. The van der Waals surface area contributed by atoms with Gasteiger partial charge in [0.05, 0.1) is 11.2 Å². The lowest BCUT2D eigenvalue weighted by Gasteiger charge is -2.12. The number of phenolic OH excluding ortho intramolecular Hbond substituents is 1. The third-order valence-electron chi connectivity index (χ3n) is 3.14. The van der Waals surface area contributed by atoms with E-state index < -0.39 is 17.1 Å². The molecule has 1 fully saturated rings. The van der Waals surface area contributed by atoms with E-state index in [0.29, 0.717) is 11.4 Å². The number of hydrogen-bond donors (Lipinski definition) is 2. The number of anilines is 1. The number of amides is 3. The van der Waals surface area contributed by atoms with Crippen LogP contribution in [0, 0.1) is 0 Å². The van der Waals surface area contributed by atoms with Gasteiger partial charge in [0.1, 0.15) is 18.1 Å². The summed E-state index contributed by atoms with van der Waals surface area (Å²) in [5, 5.41) is 11.2. The molecule has 24 heavy (non-hydrogen) atoms. The average Bonchev–Trinajstić information content (AvgIpc) is 3.14. The van der Waals surface area contributed by atoms with Crippen LogP contribution in [0.3, 0.4) is 0 Å². The van der Waals surface area contributed by atoms with Crippen LogP contribution in [0.1, 0.15) is 5.76 Å². The van der Waals surface area contributed by atoms with Crippen molar-refractivity contribution < 1.29 is 23.9 Å². The SMILES string of the molecule is O=C(CN1C(=O)SC(=Cc2ccco2)C1=O)Nc1ccc(O)cc1. The molecular formula is C16H12N2O5S. The predicted molar refractivity (Wildman–Crippen MR) is 88.1 cm³/mol. The molecule has 1 saturated heterocycles. The molecule has 0 atom stereocenters. The molecule has 0 spiro atoms. The molecule has 0 saturated carbocycles. The van der Waals surface area contributed by atoms with Gasteiger partial charge in [-0.15, -0.1) is 0 Å². The molecule has 122 valence electrons. The Morgan fingerprint density at radius 1 is 1.25 bits per heavy atom. The van der Waals surface area contributed by atoms with Crippen LogP contribution in [0.2, 0.25) is 0 Å². The Morgan fingerprint density at radius 2 is 2.00 bits per heavy atom. The van der Waals surface area contributed by atoms with Crippen LogP contribution in [-0.4, -0.2) is 33.6 Å². The summed E-state index contributed by atoms with van der Waals surface area (Å²) in [6, 6.07) is 9.19. The zero-order valence-corrected chi connectivity index (χ0v) is 13.1. The van der Waals surface area contributed by atoms with Crippen LogP contribution >= 0.6 is 11.8 Å². The van der Waals surface area contributed by atoms with E-state index in [-0.39, 0.29) is 17.2 Å². The number of benzene rings is 1. The van der Waals surface area contributed by atoms with Crippen LogP contribution in [0.5, 0.6) is 5.75 Å². The quantitative estimate of drug-likeness (QED) is 0.653. The Labute approximate surface area is 140 Å². The van der Waals surface area contributed by atoms with Gasteiger partial charge >= 0.3 is 0 Å². The summed E-state index contributed by atoms with van der Waals surface area (Å²) in [6.45, 7) is -0.388. The molecular weight excluding hydrogens is 332 g/mol. The zero-order chi connectivity index (χ0) is 17.1. The van der Waals surface area contributed by atoms with Gasteiger partial charge in [0.2, 0.25) is 5.91 Å². The van der Waals surface area contributed by atoms with E-state index in [2.05, 4.69) is 5.32 Å². The van der Waals surface area contributed by atoms with Crippen molar-refractivity contribution in [2.24, 2.45) is 0 Å². The topological polar surface area (TPSA) is 99.9 Å². The average molecular weight is 344 g/mol. The van der Waals surface area contributed by atoms with E-state index in [9.17, 15) is 19.5 Å². The van der Waals surface area contributed by atoms with Gasteiger partial charge in [0, 0.05) is 11.8 Å². The smallest absolute Gasteiger partial charge is 0.294 e. The van der Waals surface area contributed by atoms with Crippen molar-refractivity contribution in [2.75, 3.05) is 11.9 Å². The zero-order valence-electron chi connectivity index (χ0n) is 12.3. The number of rotatable bonds is 4. The number of thioether (sulfide) groups is 1. The van der Waals surface area contributed by atoms with E-state index in [1.54, 1.807) is 12.1 Å². The summed E-state index contributed by atoms with van der Waals surface area (Å²) < 4.78 is 5.11. The second-order valence-corrected chi connectivity index (χ2v) is 5.87. The van der Waals surface area contributed by atoms with Crippen molar-refractivity contribution in [3.05, 3.63) is 53.3 Å². The number of nitrogens with zero attached hydrogens (tertiary/aromatic N) is 1. The first-order valence-electron chi connectivity index (χ1n) is 6.91. The summed E-state index contributed by atoms with van der Waals surface area (Å²) in [6.07, 6.45) is 2.92. The minimum absolute atomic E-state index is 0.0713. The van der Waals surface area contributed by atoms with Crippen molar-refractivity contribution in [3.8, 4) is 5.75 Å². The van der Waals surface area contributed by atoms with Gasteiger partial charge in [-0.05, 0) is 48.2 Å². The van der Waals surface area contributed by atoms with Gasteiger partial charge < -0.3 is 14.8 Å². The molecule has 0 radical (unpaired) electrons. The molecule has 7 nitrogen and oxygen atoms in total.